The first-order chi connectivity index (χ1) is 8.28. The van der Waals surface area contributed by atoms with Crippen molar-refractivity contribution in [2.75, 3.05) is 34.0 Å². The molecular formula is C10H17F4NO3. The van der Waals surface area contributed by atoms with Crippen molar-refractivity contribution in [2.45, 2.75) is 25.3 Å². The molecule has 0 aliphatic carbocycles. The van der Waals surface area contributed by atoms with Gasteiger partial charge in [0.1, 0.15) is 0 Å². The number of methoxy groups -OCH3 is 2. The van der Waals surface area contributed by atoms with E-state index in [2.05, 4.69) is 4.74 Å². The fraction of sp³-hybridized carbons (Fsp3) is 0.900. The highest BCUT2D eigenvalue weighted by molar-refractivity contribution is 5.84. The number of nitrogens with zero attached hydrogens (tertiary/aromatic N) is 1. The monoisotopic (exact) mass is 275 g/mol. The van der Waals surface area contributed by atoms with E-state index < -0.39 is 24.3 Å². The van der Waals surface area contributed by atoms with E-state index in [-0.39, 0.29) is 19.8 Å². The summed E-state index contributed by atoms with van der Waals surface area (Å²) in [6.45, 7) is 1.16. The average Bonchev–Trinajstić information content (AvgIpc) is 2.29. The molecule has 0 fully saturated rings. The summed E-state index contributed by atoms with van der Waals surface area (Å²) in [4.78, 5) is 12.1. The van der Waals surface area contributed by atoms with Gasteiger partial charge in [-0.1, -0.05) is 0 Å². The smallest absolute Gasteiger partial charge is 0.383 e. The summed E-state index contributed by atoms with van der Waals surface area (Å²) in [5, 5.41) is 0. The SMILES string of the molecule is COCCN(C(=O)C(F)(F)C(F)F)C(C)COC. The molecule has 18 heavy (non-hydrogen) atoms. The minimum atomic E-state index is -4.70. The van der Waals surface area contributed by atoms with Crippen LogP contribution in [0.2, 0.25) is 0 Å². The molecule has 108 valence electrons. The van der Waals surface area contributed by atoms with Crippen molar-refractivity contribution in [2.24, 2.45) is 0 Å². The molecule has 0 aromatic rings. The fourth-order valence-electron chi connectivity index (χ4n) is 1.33. The summed E-state index contributed by atoms with van der Waals surface area (Å²) in [6.07, 6.45) is -4.04. The Labute approximate surface area is 103 Å². The van der Waals surface area contributed by atoms with Crippen molar-refractivity contribution in [3.8, 4) is 0 Å². The van der Waals surface area contributed by atoms with E-state index in [0.717, 1.165) is 0 Å². The van der Waals surface area contributed by atoms with E-state index in [1.54, 1.807) is 0 Å². The number of amides is 1. The quantitative estimate of drug-likeness (QED) is 0.628. The Morgan fingerprint density at radius 2 is 1.83 bits per heavy atom. The Morgan fingerprint density at radius 3 is 2.22 bits per heavy atom. The number of carbonyl (C=O) groups is 1. The zero-order valence-electron chi connectivity index (χ0n) is 10.5. The van der Waals surface area contributed by atoms with Gasteiger partial charge in [-0.3, -0.25) is 4.79 Å². The molecule has 1 atom stereocenters. The Balaban J connectivity index is 4.89. The molecule has 0 rings (SSSR count). The van der Waals surface area contributed by atoms with Crippen LogP contribution in [0, 0.1) is 0 Å². The normalized spacial score (nSPS) is 13.8. The lowest BCUT2D eigenvalue weighted by atomic mass is 10.2. The van der Waals surface area contributed by atoms with Crippen LogP contribution in [0.15, 0.2) is 0 Å². The molecule has 0 spiro atoms. The lowest BCUT2D eigenvalue weighted by Gasteiger charge is -2.31. The Hall–Kier alpha value is -0.890. The van der Waals surface area contributed by atoms with Gasteiger partial charge in [-0.15, -0.1) is 0 Å². The van der Waals surface area contributed by atoms with Crippen LogP contribution in [0.5, 0.6) is 0 Å². The molecule has 0 heterocycles. The van der Waals surface area contributed by atoms with Gasteiger partial charge in [0.25, 0.3) is 5.91 Å². The van der Waals surface area contributed by atoms with Gasteiger partial charge in [-0.05, 0) is 6.92 Å². The van der Waals surface area contributed by atoms with Gasteiger partial charge < -0.3 is 14.4 Å². The molecule has 0 saturated heterocycles. The summed E-state index contributed by atoms with van der Waals surface area (Å²) in [5.74, 6) is -6.62. The first kappa shape index (κ1) is 17.1. The van der Waals surface area contributed by atoms with Gasteiger partial charge in [0.15, 0.2) is 0 Å². The summed E-state index contributed by atoms with van der Waals surface area (Å²) in [7, 11) is 2.63. The predicted octanol–water partition coefficient (Wildman–Crippen LogP) is 1.40. The van der Waals surface area contributed by atoms with E-state index in [0.29, 0.717) is 4.90 Å². The molecule has 0 N–H and O–H groups in total. The Bertz CT molecular complexity index is 264. The van der Waals surface area contributed by atoms with Gasteiger partial charge >= 0.3 is 12.3 Å². The summed E-state index contributed by atoms with van der Waals surface area (Å²) in [5.41, 5.74) is 0. The summed E-state index contributed by atoms with van der Waals surface area (Å²) < 4.78 is 59.6. The minimum absolute atomic E-state index is 0.0287. The first-order valence-corrected chi connectivity index (χ1v) is 5.23. The van der Waals surface area contributed by atoms with Crippen LogP contribution >= 0.6 is 0 Å². The molecule has 0 aliphatic heterocycles. The van der Waals surface area contributed by atoms with Crippen molar-refractivity contribution in [3.63, 3.8) is 0 Å². The van der Waals surface area contributed by atoms with Crippen LogP contribution in [0.25, 0.3) is 0 Å². The second kappa shape index (κ2) is 7.52. The highest BCUT2D eigenvalue weighted by Crippen LogP contribution is 2.26. The van der Waals surface area contributed by atoms with Crippen molar-refractivity contribution in [3.05, 3.63) is 0 Å². The third kappa shape index (κ3) is 4.41. The molecule has 0 bridgehead atoms. The van der Waals surface area contributed by atoms with Crippen LogP contribution in [0.3, 0.4) is 0 Å². The van der Waals surface area contributed by atoms with Gasteiger partial charge in [0.05, 0.1) is 19.3 Å². The number of halogens is 4. The standard InChI is InChI=1S/C10H17F4NO3/c1-7(6-18-3)15(4-5-17-2)9(16)10(13,14)8(11)12/h7-8H,4-6H2,1-3H3. The van der Waals surface area contributed by atoms with Gasteiger partial charge in [0.2, 0.25) is 0 Å². The summed E-state index contributed by atoms with van der Waals surface area (Å²) >= 11 is 0. The Kier molecular flexibility index (Phi) is 7.15. The summed E-state index contributed by atoms with van der Waals surface area (Å²) in [6, 6.07) is -0.748. The average molecular weight is 275 g/mol. The Morgan fingerprint density at radius 1 is 1.28 bits per heavy atom. The number of hydrogen-bond acceptors (Lipinski definition) is 3. The number of rotatable bonds is 8. The van der Waals surface area contributed by atoms with E-state index in [1.807, 2.05) is 0 Å². The van der Waals surface area contributed by atoms with Gasteiger partial charge in [-0.25, -0.2) is 8.78 Å². The van der Waals surface area contributed by atoms with E-state index in [9.17, 15) is 22.4 Å². The largest absolute Gasteiger partial charge is 0.383 e. The molecule has 1 amide bonds. The molecule has 0 aromatic heterocycles. The topological polar surface area (TPSA) is 38.8 Å². The zero-order chi connectivity index (χ0) is 14.3. The van der Waals surface area contributed by atoms with E-state index >= 15 is 0 Å². The maximum Gasteiger partial charge on any atom is 0.383 e. The van der Waals surface area contributed by atoms with Crippen molar-refractivity contribution >= 4 is 5.91 Å². The lowest BCUT2D eigenvalue weighted by molar-refractivity contribution is -0.184. The number of carbonyl (C=O) groups excluding carboxylic acids is 1. The highest BCUT2D eigenvalue weighted by Gasteiger charge is 2.51. The minimum Gasteiger partial charge on any atom is -0.383 e. The first-order valence-electron chi connectivity index (χ1n) is 5.23. The van der Waals surface area contributed by atoms with Crippen molar-refractivity contribution in [1.29, 1.82) is 0 Å². The van der Waals surface area contributed by atoms with Crippen molar-refractivity contribution < 1.29 is 31.8 Å². The van der Waals surface area contributed by atoms with Crippen LogP contribution in [0.4, 0.5) is 17.6 Å². The molecule has 0 saturated carbocycles. The second-order valence-corrected chi connectivity index (χ2v) is 3.72. The number of hydrogen-bond donors (Lipinski definition) is 0. The fourth-order valence-corrected chi connectivity index (χ4v) is 1.33. The molecule has 8 heteroatoms. The van der Waals surface area contributed by atoms with Crippen LogP contribution < -0.4 is 0 Å². The van der Waals surface area contributed by atoms with E-state index in [4.69, 9.17) is 4.74 Å². The second-order valence-electron chi connectivity index (χ2n) is 3.72. The molecule has 1 unspecified atom stereocenters. The maximum atomic E-state index is 13.0. The van der Waals surface area contributed by atoms with Gasteiger partial charge in [-0.2, -0.15) is 8.78 Å². The molecule has 0 aromatic carbocycles. The number of ether oxygens (including phenoxy) is 2. The predicted molar refractivity (Wildman–Crippen MR) is 55.9 cm³/mol. The van der Waals surface area contributed by atoms with Gasteiger partial charge in [0, 0.05) is 20.8 Å². The highest BCUT2D eigenvalue weighted by atomic mass is 19.3. The molecular weight excluding hydrogens is 258 g/mol. The third-order valence-corrected chi connectivity index (χ3v) is 2.30. The maximum absolute atomic E-state index is 13.0. The zero-order valence-corrected chi connectivity index (χ0v) is 10.5. The van der Waals surface area contributed by atoms with Crippen LogP contribution in [-0.2, 0) is 14.3 Å². The van der Waals surface area contributed by atoms with E-state index in [1.165, 1.54) is 21.1 Å². The molecule has 0 aliphatic rings. The molecule has 0 radical (unpaired) electrons. The van der Waals surface area contributed by atoms with Crippen molar-refractivity contribution in [1.82, 2.24) is 4.90 Å². The third-order valence-electron chi connectivity index (χ3n) is 2.30. The van der Waals surface area contributed by atoms with Crippen LogP contribution in [0.1, 0.15) is 6.92 Å². The van der Waals surface area contributed by atoms with Crippen LogP contribution in [-0.4, -0.2) is 63.2 Å². The molecule has 4 nitrogen and oxygen atoms in total. The lowest BCUT2D eigenvalue weighted by Crippen LogP contribution is -2.53. The number of alkyl halides is 4.